The van der Waals surface area contributed by atoms with Gasteiger partial charge in [0.25, 0.3) is 0 Å². The smallest absolute Gasteiger partial charge is 0.144 e. The molecule has 0 amide bonds. The largest absolute Gasteiger partial charge is 0.455 e. The molecule has 0 unspecified atom stereocenters. The van der Waals surface area contributed by atoms with Crippen molar-refractivity contribution in [2.75, 3.05) is 4.90 Å². The summed E-state index contributed by atoms with van der Waals surface area (Å²) >= 11 is 1.83. The lowest BCUT2D eigenvalue weighted by Gasteiger charge is -2.26. The summed E-state index contributed by atoms with van der Waals surface area (Å²) in [4.78, 5) is 2.38. The van der Waals surface area contributed by atoms with Crippen molar-refractivity contribution in [2.24, 2.45) is 0 Å². The molecule has 2 nitrogen and oxygen atoms in total. The average Bonchev–Trinajstić information content (AvgIpc) is 3.75. The minimum atomic E-state index is 0.927. The van der Waals surface area contributed by atoms with Crippen molar-refractivity contribution in [3.63, 3.8) is 0 Å². The van der Waals surface area contributed by atoms with Crippen LogP contribution in [0.15, 0.2) is 180 Å². The highest BCUT2D eigenvalue weighted by atomic mass is 32.1. The molecule has 0 fully saturated rings. The fraction of sp³-hybridized carbons (Fsp3) is 0. The molecule has 3 heteroatoms. The number of nitrogens with zero attached hydrogens (tertiary/aromatic N) is 1. The second-order valence-electron chi connectivity index (χ2n) is 12.5. The van der Waals surface area contributed by atoms with E-state index < -0.39 is 0 Å². The predicted molar refractivity (Wildman–Crippen MR) is 210 cm³/mol. The van der Waals surface area contributed by atoms with Crippen molar-refractivity contribution in [3.8, 4) is 22.3 Å². The van der Waals surface area contributed by atoms with Crippen LogP contribution in [-0.4, -0.2) is 0 Å². The van der Waals surface area contributed by atoms with Crippen molar-refractivity contribution in [1.29, 1.82) is 0 Å². The third-order valence-electron chi connectivity index (χ3n) is 9.67. The number of thiophene rings is 1. The van der Waals surface area contributed by atoms with Gasteiger partial charge in [-0.25, -0.2) is 0 Å². The van der Waals surface area contributed by atoms with E-state index in [-0.39, 0.29) is 0 Å². The van der Waals surface area contributed by atoms with Gasteiger partial charge in [0, 0.05) is 37.6 Å². The predicted octanol–water partition coefficient (Wildman–Crippen LogP) is 13.9. The second-order valence-corrected chi connectivity index (χ2v) is 13.5. The standard InChI is InChI=1S/C46H29NOS/c1-3-12-30(13-4-1)35-17-9-10-18-36(35)32-22-25-34(26-23-32)47(33-15-5-2-6-16-33)40-21-11-20-39-44-42(49-46(39)40)29-27-38-43-37-19-8-7-14-31(37)24-28-41(43)48-45(38)44/h1-29H. The van der Waals surface area contributed by atoms with Crippen LogP contribution in [0, 0.1) is 0 Å². The van der Waals surface area contributed by atoms with Crippen LogP contribution < -0.4 is 4.90 Å². The third-order valence-corrected chi connectivity index (χ3v) is 10.9. The maximum atomic E-state index is 6.70. The molecule has 0 aliphatic heterocycles. The molecule has 0 aliphatic rings. The maximum absolute atomic E-state index is 6.70. The molecular weight excluding hydrogens is 615 g/mol. The average molecular weight is 644 g/mol. The van der Waals surface area contributed by atoms with Gasteiger partial charge in [-0.05, 0) is 81.6 Å². The molecule has 0 atom stereocenters. The molecule has 10 aromatic rings. The summed E-state index contributed by atoms with van der Waals surface area (Å²) in [5.41, 5.74) is 10.1. The van der Waals surface area contributed by atoms with Gasteiger partial charge >= 0.3 is 0 Å². The summed E-state index contributed by atoms with van der Waals surface area (Å²) in [5.74, 6) is 0. The molecule has 0 bridgehead atoms. The normalized spacial score (nSPS) is 11.7. The molecule has 0 spiro atoms. The first-order valence-corrected chi connectivity index (χ1v) is 17.4. The van der Waals surface area contributed by atoms with Crippen LogP contribution in [0.5, 0.6) is 0 Å². The van der Waals surface area contributed by atoms with Gasteiger partial charge in [0.2, 0.25) is 0 Å². The maximum Gasteiger partial charge on any atom is 0.144 e. The molecule has 230 valence electrons. The Morgan fingerprint density at radius 1 is 0.429 bits per heavy atom. The van der Waals surface area contributed by atoms with E-state index in [1.54, 1.807) is 0 Å². The minimum Gasteiger partial charge on any atom is -0.455 e. The van der Waals surface area contributed by atoms with Crippen molar-refractivity contribution in [1.82, 2.24) is 0 Å². The Morgan fingerprint density at radius 2 is 1.08 bits per heavy atom. The van der Waals surface area contributed by atoms with E-state index in [0.717, 1.165) is 33.6 Å². The number of para-hydroxylation sites is 1. The number of hydrogen-bond donors (Lipinski definition) is 0. The first-order valence-electron chi connectivity index (χ1n) is 16.6. The van der Waals surface area contributed by atoms with Crippen LogP contribution in [-0.2, 0) is 0 Å². The summed E-state index contributed by atoms with van der Waals surface area (Å²) in [5, 5.41) is 7.19. The Kier molecular flexibility index (Phi) is 6.39. The number of fused-ring (bicyclic) bond motifs is 9. The molecule has 2 heterocycles. The van der Waals surface area contributed by atoms with E-state index >= 15 is 0 Å². The fourth-order valence-corrected chi connectivity index (χ4v) is 8.65. The number of hydrogen-bond acceptors (Lipinski definition) is 3. The van der Waals surface area contributed by atoms with Crippen LogP contribution >= 0.6 is 11.3 Å². The zero-order valence-electron chi connectivity index (χ0n) is 26.5. The Morgan fingerprint density at radius 3 is 1.88 bits per heavy atom. The lowest BCUT2D eigenvalue weighted by molar-refractivity contribution is 0.673. The zero-order valence-corrected chi connectivity index (χ0v) is 27.3. The van der Waals surface area contributed by atoms with Gasteiger partial charge in [0.1, 0.15) is 11.2 Å². The van der Waals surface area contributed by atoms with Gasteiger partial charge in [-0.2, -0.15) is 0 Å². The number of furan rings is 1. The molecule has 49 heavy (non-hydrogen) atoms. The fourth-order valence-electron chi connectivity index (χ4n) is 7.45. The topological polar surface area (TPSA) is 16.4 Å². The van der Waals surface area contributed by atoms with Gasteiger partial charge < -0.3 is 9.32 Å². The van der Waals surface area contributed by atoms with E-state index in [0.29, 0.717) is 0 Å². The van der Waals surface area contributed by atoms with Crippen LogP contribution in [0.3, 0.4) is 0 Å². The van der Waals surface area contributed by atoms with Crippen LogP contribution in [0.2, 0.25) is 0 Å². The van der Waals surface area contributed by atoms with Gasteiger partial charge in [-0.1, -0.05) is 127 Å². The Balaban J connectivity index is 1.15. The van der Waals surface area contributed by atoms with Gasteiger partial charge in [0.05, 0.1) is 10.4 Å². The van der Waals surface area contributed by atoms with Crippen molar-refractivity contribution in [2.45, 2.75) is 0 Å². The third kappa shape index (κ3) is 4.47. The SMILES string of the molecule is c1ccc(-c2ccccc2-c2ccc(N(c3ccccc3)c3cccc4c3sc3ccc5c(oc6ccc7ccccc7c65)c34)cc2)cc1. The van der Waals surface area contributed by atoms with E-state index in [1.807, 2.05) is 11.3 Å². The molecule has 8 aromatic carbocycles. The molecule has 0 saturated heterocycles. The highest BCUT2D eigenvalue weighted by molar-refractivity contribution is 7.26. The molecule has 10 rings (SSSR count). The highest BCUT2D eigenvalue weighted by Gasteiger charge is 2.21. The van der Waals surface area contributed by atoms with E-state index in [4.69, 9.17) is 4.42 Å². The molecule has 0 aliphatic carbocycles. The van der Waals surface area contributed by atoms with Crippen molar-refractivity contribution >= 4 is 81.3 Å². The van der Waals surface area contributed by atoms with Crippen molar-refractivity contribution < 1.29 is 4.42 Å². The number of anilines is 3. The number of benzene rings is 8. The molecule has 0 saturated carbocycles. The molecule has 0 radical (unpaired) electrons. The van der Waals surface area contributed by atoms with Crippen LogP contribution in [0.1, 0.15) is 0 Å². The van der Waals surface area contributed by atoms with Crippen LogP contribution in [0.25, 0.3) is 75.1 Å². The second kappa shape index (κ2) is 11.2. The minimum absolute atomic E-state index is 0.927. The first kappa shape index (κ1) is 27.9. The summed E-state index contributed by atoms with van der Waals surface area (Å²) in [6.07, 6.45) is 0. The number of rotatable bonds is 5. The molecule has 0 N–H and O–H groups in total. The lowest BCUT2D eigenvalue weighted by Crippen LogP contribution is -2.09. The van der Waals surface area contributed by atoms with Gasteiger partial charge in [-0.3, -0.25) is 0 Å². The Hall–Kier alpha value is -6.16. The van der Waals surface area contributed by atoms with Crippen molar-refractivity contribution in [3.05, 3.63) is 176 Å². The van der Waals surface area contributed by atoms with E-state index in [2.05, 4.69) is 181 Å². The summed E-state index contributed by atoms with van der Waals surface area (Å²) in [7, 11) is 0. The quantitative estimate of drug-likeness (QED) is 0.186. The highest BCUT2D eigenvalue weighted by Crippen LogP contribution is 2.48. The lowest BCUT2D eigenvalue weighted by atomic mass is 9.94. The first-order chi connectivity index (χ1) is 24.3. The van der Waals surface area contributed by atoms with E-state index in [1.165, 1.54) is 58.6 Å². The molecular formula is C46H29NOS. The van der Waals surface area contributed by atoms with Gasteiger partial charge in [-0.15, -0.1) is 11.3 Å². The Labute approximate surface area is 287 Å². The Bertz CT molecular complexity index is 2810. The zero-order chi connectivity index (χ0) is 32.3. The summed E-state index contributed by atoms with van der Waals surface area (Å²) < 4.78 is 9.16. The molecule has 2 aromatic heterocycles. The van der Waals surface area contributed by atoms with Crippen LogP contribution in [0.4, 0.5) is 17.1 Å². The summed E-state index contributed by atoms with van der Waals surface area (Å²) in [6, 6.07) is 63.0. The van der Waals surface area contributed by atoms with E-state index in [9.17, 15) is 0 Å². The van der Waals surface area contributed by atoms with Gasteiger partial charge in [0.15, 0.2) is 0 Å². The summed E-state index contributed by atoms with van der Waals surface area (Å²) in [6.45, 7) is 0. The monoisotopic (exact) mass is 643 g/mol.